The number of aromatic nitrogens is 1. The molecule has 1 aliphatic heterocycles. The monoisotopic (exact) mass is 285 g/mol. The van der Waals surface area contributed by atoms with Gasteiger partial charge in [0.25, 0.3) is 5.91 Å². The summed E-state index contributed by atoms with van der Waals surface area (Å²) in [7, 11) is 1.34. The molecule has 1 aliphatic rings. The second kappa shape index (κ2) is 5.96. The largest absolute Gasteiger partial charge is 0.467 e. The first-order valence-corrected chi connectivity index (χ1v) is 7.07. The lowest BCUT2D eigenvalue weighted by Gasteiger charge is -2.02. The first-order valence-electron chi connectivity index (χ1n) is 5.14. The summed E-state index contributed by atoms with van der Waals surface area (Å²) < 4.78 is 4.61. The van der Waals surface area contributed by atoms with Crippen LogP contribution in [-0.2, 0) is 9.53 Å². The van der Waals surface area contributed by atoms with Crippen LogP contribution >= 0.6 is 23.1 Å². The molecular formula is C10H11N3O3S2. The summed E-state index contributed by atoms with van der Waals surface area (Å²) in [6, 6.07) is -0.453. The Morgan fingerprint density at radius 1 is 1.61 bits per heavy atom. The Hall–Kier alpha value is -1.41. The number of carbonyl (C=O) groups is 2. The molecule has 1 aromatic heterocycles. The minimum Gasteiger partial charge on any atom is -0.467 e. The minimum absolute atomic E-state index is 0.235. The van der Waals surface area contributed by atoms with Crippen molar-refractivity contribution in [2.24, 2.45) is 4.99 Å². The van der Waals surface area contributed by atoms with Crippen LogP contribution in [0.2, 0.25) is 0 Å². The minimum atomic E-state index is -0.453. The van der Waals surface area contributed by atoms with Gasteiger partial charge in [0.05, 0.1) is 24.2 Å². The highest BCUT2D eigenvalue weighted by Crippen LogP contribution is 2.18. The summed E-state index contributed by atoms with van der Waals surface area (Å²) in [5.41, 5.74) is 2.00. The molecule has 0 radical (unpaired) electrons. The molecule has 0 saturated carbocycles. The van der Waals surface area contributed by atoms with Gasteiger partial charge in [0.1, 0.15) is 5.69 Å². The van der Waals surface area contributed by atoms with Crippen molar-refractivity contribution in [2.45, 2.75) is 6.04 Å². The summed E-state index contributed by atoms with van der Waals surface area (Å²) >= 11 is 2.81. The van der Waals surface area contributed by atoms with Gasteiger partial charge in [0.2, 0.25) is 0 Å². The highest BCUT2D eigenvalue weighted by Gasteiger charge is 2.25. The van der Waals surface area contributed by atoms with Crippen LogP contribution in [0.1, 0.15) is 10.5 Å². The number of thioether (sulfide) groups is 1. The fraction of sp³-hybridized carbons (Fsp3) is 0.400. The lowest BCUT2D eigenvalue weighted by molar-refractivity contribution is -0.141. The Morgan fingerprint density at radius 3 is 3.11 bits per heavy atom. The van der Waals surface area contributed by atoms with Gasteiger partial charge >= 0.3 is 5.97 Å². The number of nitrogens with zero attached hydrogens (tertiary/aromatic N) is 2. The highest BCUT2D eigenvalue weighted by atomic mass is 32.2. The number of hydrogen-bond donors (Lipinski definition) is 1. The molecule has 18 heavy (non-hydrogen) atoms. The zero-order chi connectivity index (χ0) is 13.0. The molecule has 0 unspecified atom stereocenters. The maximum atomic E-state index is 11.6. The van der Waals surface area contributed by atoms with Crippen LogP contribution in [0.3, 0.4) is 0 Å². The molecule has 0 spiro atoms. The van der Waals surface area contributed by atoms with Gasteiger partial charge in [0.15, 0.2) is 6.04 Å². The van der Waals surface area contributed by atoms with Crippen LogP contribution in [-0.4, -0.2) is 47.4 Å². The summed E-state index contributed by atoms with van der Waals surface area (Å²) in [5, 5.41) is 5.11. The Kier molecular flexibility index (Phi) is 4.32. The maximum Gasteiger partial charge on any atom is 0.331 e. The van der Waals surface area contributed by atoms with Gasteiger partial charge in [-0.1, -0.05) is 0 Å². The SMILES string of the molecule is COC(=O)[C@H]1CSC(CNC(=O)c2cscn2)=N1. The Bertz CT molecular complexity index is 473. The average molecular weight is 285 g/mol. The molecule has 1 N–H and O–H groups in total. The molecule has 1 amide bonds. The normalized spacial score (nSPS) is 18.3. The molecule has 96 valence electrons. The van der Waals surface area contributed by atoms with Crippen LogP contribution in [0.15, 0.2) is 15.9 Å². The summed E-state index contributed by atoms with van der Waals surface area (Å²) in [6.07, 6.45) is 0. The molecular weight excluding hydrogens is 274 g/mol. The summed E-state index contributed by atoms with van der Waals surface area (Å²) in [6.45, 7) is 0.314. The van der Waals surface area contributed by atoms with Gasteiger partial charge in [-0.2, -0.15) is 0 Å². The molecule has 0 fully saturated rings. The molecule has 1 atom stereocenters. The zero-order valence-electron chi connectivity index (χ0n) is 9.58. The number of hydrogen-bond acceptors (Lipinski definition) is 7. The van der Waals surface area contributed by atoms with Crippen LogP contribution in [0, 0.1) is 0 Å². The summed E-state index contributed by atoms with van der Waals surface area (Å²) in [4.78, 5) is 30.9. The van der Waals surface area contributed by atoms with E-state index in [0.717, 1.165) is 5.04 Å². The van der Waals surface area contributed by atoms with Gasteiger partial charge in [-0.15, -0.1) is 23.1 Å². The smallest absolute Gasteiger partial charge is 0.331 e. The molecule has 0 aliphatic carbocycles. The molecule has 1 aromatic rings. The van der Waals surface area contributed by atoms with E-state index in [1.54, 1.807) is 10.9 Å². The third-order valence-corrected chi connectivity index (χ3v) is 3.90. The molecule has 6 nitrogen and oxygen atoms in total. The van der Waals surface area contributed by atoms with E-state index in [0.29, 0.717) is 18.0 Å². The van der Waals surface area contributed by atoms with E-state index in [-0.39, 0.29) is 11.9 Å². The van der Waals surface area contributed by atoms with E-state index in [1.807, 2.05) is 0 Å². The standard InChI is InChI=1S/C10H11N3O3S2/c1-16-10(15)7-4-18-8(13-7)2-11-9(14)6-3-17-5-12-6/h3,5,7H,2,4H2,1H3,(H,11,14)/t7-/m1/s1. The Labute approximate surface area is 112 Å². The number of ether oxygens (including phenoxy) is 1. The van der Waals surface area contributed by atoms with Crippen LogP contribution < -0.4 is 5.32 Å². The number of carbonyl (C=O) groups excluding carboxylic acids is 2. The van der Waals surface area contributed by atoms with Gasteiger partial charge in [0, 0.05) is 11.1 Å². The van der Waals surface area contributed by atoms with Crippen molar-refractivity contribution in [1.29, 1.82) is 0 Å². The molecule has 0 bridgehead atoms. The number of aliphatic imine (C=N–C) groups is 1. The van der Waals surface area contributed by atoms with E-state index in [2.05, 4.69) is 20.0 Å². The lowest BCUT2D eigenvalue weighted by Crippen LogP contribution is -2.28. The second-order valence-electron chi connectivity index (χ2n) is 3.43. The van der Waals surface area contributed by atoms with Crippen LogP contribution in [0.4, 0.5) is 0 Å². The van der Waals surface area contributed by atoms with Gasteiger partial charge < -0.3 is 10.1 Å². The fourth-order valence-corrected chi connectivity index (χ4v) is 2.82. The van der Waals surface area contributed by atoms with Crippen molar-refractivity contribution >= 4 is 40.0 Å². The number of nitrogens with one attached hydrogen (secondary N) is 1. The average Bonchev–Trinajstić information content (AvgIpc) is 3.05. The van der Waals surface area contributed by atoms with Gasteiger partial charge in [-0.05, 0) is 0 Å². The number of thiazole rings is 1. The number of methoxy groups -OCH3 is 1. The fourth-order valence-electron chi connectivity index (χ4n) is 1.35. The van der Waals surface area contributed by atoms with Crippen molar-refractivity contribution in [3.8, 4) is 0 Å². The predicted molar refractivity (Wildman–Crippen MR) is 70.1 cm³/mol. The van der Waals surface area contributed by atoms with Crippen LogP contribution in [0.5, 0.6) is 0 Å². The van der Waals surface area contributed by atoms with E-state index in [9.17, 15) is 9.59 Å². The van der Waals surface area contributed by atoms with Crippen molar-refractivity contribution in [2.75, 3.05) is 19.4 Å². The van der Waals surface area contributed by atoms with E-state index < -0.39 is 6.04 Å². The third-order valence-electron chi connectivity index (χ3n) is 2.25. The number of esters is 1. The molecule has 8 heteroatoms. The first kappa shape index (κ1) is 13.0. The highest BCUT2D eigenvalue weighted by molar-refractivity contribution is 8.14. The van der Waals surface area contributed by atoms with E-state index in [4.69, 9.17) is 0 Å². The first-order chi connectivity index (χ1) is 8.70. The van der Waals surface area contributed by atoms with E-state index >= 15 is 0 Å². The third kappa shape index (κ3) is 3.08. The Balaban J connectivity index is 1.85. The second-order valence-corrected chi connectivity index (χ2v) is 5.24. The van der Waals surface area contributed by atoms with Crippen molar-refractivity contribution in [1.82, 2.24) is 10.3 Å². The lowest BCUT2D eigenvalue weighted by atomic mass is 10.3. The molecule has 0 saturated heterocycles. The zero-order valence-corrected chi connectivity index (χ0v) is 11.2. The molecule has 2 heterocycles. The van der Waals surface area contributed by atoms with Crippen molar-refractivity contribution in [3.05, 3.63) is 16.6 Å². The van der Waals surface area contributed by atoms with Gasteiger partial charge in [-0.3, -0.25) is 9.79 Å². The maximum absolute atomic E-state index is 11.6. The Morgan fingerprint density at radius 2 is 2.44 bits per heavy atom. The quantitative estimate of drug-likeness (QED) is 0.818. The van der Waals surface area contributed by atoms with Crippen LogP contribution in [0.25, 0.3) is 0 Å². The molecule has 2 rings (SSSR count). The molecule has 0 aromatic carbocycles. The van der Waals surface area contributed by atoms with Crippen molar-refractivity contribution in [3.63, 3.8) is 0 Å². The number of rotatable bonds is 4. The van der Waals surface area contributed by atoms with Crippen molar-refractivity contribution < 1.29 is 14.3 Å². The predicted octanol–water partition coefficient (Wildman–Crippen LogP) is 0.560. The topological polar surface area (TPSA) is 80.6 Å². The van der Waals surface area contributed by atoms with E-state index in [1.165, 1.54) is 30.2 Å². The number of amides is 1. The van der Waals surface area contributed by atoms with Gasteiger partial charge in [-0.25, -0.2) is 9.78 Å². The summed E-state index contributed by atoms with van der Waals surface area (Å²) in [5.74, 6) is -0.0152.